The van der Waals surface area contributed by atoms with Crippen LogP contribution in [0.2, 0.25) is 0 Å². The van der Waals surface area contributed by atoms with Crippen LogP contribution in [-0.4, -0.2) is 6.54 Å². The fourth-order valence-corrected chi connectivity index (χ4v) is 3.39. The number of anilines is 1. The van der Waals surface area contributed by atoms with E-state index >= 15 is 0 Å². The van der Waals surface area contributed by atoms with Crippen molar-refractivity contribution in [2.45, 2.75) is 38.6 Å². The molecular weight excluding hydrogens is 254 g/mol. The van der Waals surface area contributed by atoms with Crippen LogP contribution in [0, 0.1) is 5.92 Å². The summed E-state index contributed by atoms with van der Waals surface area (Å²) < 4.78 is 0. The Morgan fingerprint density at radius 2 is 1.38 bits per heavy atom. The van der Waals surface area contributed by atoms with E-state index in [1.165, 1.54) is 49.9 Å². The Balaban J connectivity index is 1.74. The second kappa shape index (κ2) is 7.31. The van der Waals surface area contributed by atoms with Crippen molar-refractivity contribution in [2.24, 2.45) is 5.92 Å². The number of benzene rings is 2. The third kappa shape index (κ3) is 4.10. The lowest BCUT2D eigenvalue weighted by atomic mass is 9.88. The lowest BCUT2D eigenvalue weighted by molar-refractivity contribution is 0.357. The summed E-state index contributed by atoms with van der Waals surface area (Å²) >= 11 is 0. The molecule has 2 aromatic rings. The maximum Gasteiger partial charge on any atom is 0.0429 e. The average Bonchev–Trinajstić information content (AvgIpc) is 2.57. The molecule has 2 aromatic carbocycles. The summed E-state index contributed by atoms with van der Waals surface area (Å²) in [6, 6.07) is 21.7. The first kappa shape index (κ1) is 14.2. The van der Waals surface area contributed by atoms with Crippen LogP contribution in [0.15, 0.2) is 60.7 Å². The summed E-state index contributed by atoms with van der Waals surface area (Å²) in [7, 11) is 0. The van der Waals surface area contributed by atoms with Crippen LogP contribution < -0.4 is 4.90 Å². The number of para-hydroxylation sites is 1. The van der Waals surface area contributed by atoms with Crippen molar-refractivity contribution in [2.75, 3.05) is 11.4 Å². The highest BCUT2D eigenvalue weighted by Gasteiger charge is 2.17. The van der Waals surface area contributed by atoms with Crippen LogP contribution in [0.1, 0.15) is 37.7 Å². The minimum Gasteiger partial charge on any atom is -0.367 e. The number of nitrogens with zero attached hydrogens (tertiary/aromatic N) is 1. The molecule has 0 bridgehead atoms. The first-order chi connectivity index (χ1) is 10.4. The van der Waals surface area contributed by atoms with Gasteiger partial charge < -0.3 is 4.90 Å². The number of rotatable bonds is 5. The molecule has 1 aliphatic rings. The third-order valence-electron chi connectivity index (χ3n) is 4.54. The largest absolute Gasteiger partial charge is 0.367 e. The lowest BCUT2D eigenvalue weighted by Crippen LogP contribution is -2.30. The zero-order chi connectivity index (χ0) is 14.3. The van der Waals surface area contributed by atoms with E-state index in [0.29, 0.717) is 0 Å². The maximum atomic E-state index is 2.56. The van der Waals surface area contributed by atoms with Gasteiger partial charge in [0.25, 0.3) is 0 Å². The van der Waals surface area contributed by atoms with Gasteiger partial charge in [-0.2, -0.15) is 0 Å². The summed E-state index contributed by atoms with van der Waals surface area (Å²) in [6.45, 7) is 2.21. The van der Waals surface area contributed by atoms with Gasteiger partial charge in [0.15, 0.2) is 0 Å². The molecule has 1 nitrogen and oxygen atoms in total. The van der Waals surface area contributed by atoms with Gasteiger partial charge in [0, 0.05) is 18.8 Å². The van der Waals surface area contributed by atoms with Crippen molar-refractivity contribution in [3.63, 3.8) is 0 Å². The first-order valence-corrected chi connectivity index (χ1v) is 8.26. The van der Waals surface area contributed by atoms with E-state index in [9.17, 15) is 0 Å². The molecule has 1 heteroatoms. The highest BCUT2D eigenvalue weighted by atomic mass is 15.1. The van der Waals surface area contributed by atoms with E-state index < -0.39 is 0 Å². The fourth-order valence-electron chi connectivity index (χ4n) is 3.39. The predicted octanol–water partition coefficient (Wildman–Crippen LogP) is 5.27. The zero-order valence-corrected chi connectivity index (χ0v) is 12.7. The normalized spacial score (nSPS) is 15.8. The van der Waals surface area contributed by atoms with Gasteiger partial charge in [-0.1, -0.05) is 67.8 Å². The topological polar surface area (TPSA) is 3.24 Å². The molecule has 1 fully saturated rings. The Morgan fingerprint density at radius 1 is 0.762 bits per heavy atom. The summed E-state index contributed by atoms with van der Waals surface area (Å²) in [5.74, 6) is 0.864. The molecule has 0 radical (unpaired) electrons. The van der Waals surface area contributed by atoms with Crippen LogP contribution in [0.3, 0.4) is 0 Å². The lowest BCUT2D eigenvalue weighted by Gasteiger charge is -2.31. The molecule has 110 valence electrons. The van der Waals surface area contributed by atoms with Crippen molar-refractivity contribution in [3.8, 4) is 0 Å². The van der Waals surface area contributed by atoms with Gasteiger partial charge in [-0.25, -0.2) is 0 Å². The molecule has 0 unspecified atom stereocenters. The molecule has 1 aliphatic carbocycles. The van der Waals surface area contributed by atoms with Crippen LogP contribution in [0.4, 0.5) is 5.69 Å². The predicted molar refractivity (Wildman–Crippen MR) is 90.5 cm³/mol. The van der Waals surface area contributed by atoms with Crippen molar-refractivity contribution >= 4 is 5.69 Å². The molecule has 1 saturated carbocycles. The summed E-state index contributed by atoms with van der Waals surface area (Å²) in [5.41, 5.74) is 2.75. The van der Waals surface area contributed by atoms with Crippen LogP contribution >= 0.6 is 0 Å². The Morgan fingerprint density at radius 3 is 2.05 bits per heavy atom. The molecule has 3 rings (SSSR count). The third-order valence-corrected chi connectivity index (χ3v) is 4.54. The average molecular weight is 279 g/mol. The standard InChI is InChI=1S/C20H25N/c1-4-10-18(11-5-1)16-21(20-14-8-3-9-15-20)17-19-12-6-2-7-13-19/h1,3-5,8-11,14-15,19H,2,6-7,12-13,16-17H2. The second-order valence-electron chi connectivity index (χ2n) is 6.21. The molecule has 0 heterocycles. The summed E-state index contributed by atoms with van der Waals surface area (Å²) in [4.78, 5) is 2.56. The number of hydrogen-bond acceptors (Lipinski definition) is 1. The molecule has 0 spiro atoms. The maximum absolute atomic E-state index is 2.56. The van der Waals surface area contributed by atoms with Gasteiger partial charge in [0.05, 0.1) is 0 Å². The highest BCUT2D eigenvalue weighted by molar-refractivity contribution is 5.46. The molecule has 0 amide bonds. The molecule has 0 aromatic heterocycles. The molecule has 0 saturated heterocycles. The van der Waals surface area contributed by atoms with E-state index in [0.717, 1.165) is 12.5 Å². The van der Waals surface area contributed by atoms with Crippen LogP contribution in [0.25, 0.3) is 0 Å². The minimum atomic E-state index is 0.864. The minimum absolute atomic E-state index is 0.864. The van der Waals surface area contributed by atoms with Crippen molar-refractivity contribution in [1.29, 1.82) is 0 Å². The van der Waals surface area contributed by atoms with Gasteiger partial charge >= 0.3 is 0 Å². The first-order valence-electron chi connectivity index (χ1n) is 8.26. The van der Waals surface area contributed by atoms with Gasteiger partial charge in [-0.15, -0.1) is 0 Å². The molecule has 0 aliphatic heterocycles. The van der Waals surface area contributed by atoms with E-state index in [4.69, 9.17) is 0 Å². The van der Waals surface area contributed by atoms with E-state index in [1.807, 2.05) is 0 Å². The van der Waals surface area contributed by atoms with E-state index in [1.54, 1.807) is 0 Å². The van der Waals surface area contributed by atoms with Gasteiger partial charge in [0.1, 0.15) is 0 Å². The summed E-state index contributed by atoms with van der Waals surface area (Å²) in [5, 5.41) is 0. The Kier molecular flexibility index (Phi) is 4.94. The fraction of sp³-hybridized carbons (Fsp3) is 0.400. The smallest absolute Gasteiger partial charge is 0.0429 e. The second-order valence-corrected chi connectivity index (χ2v) is 6.21. The Hall–Kier alpha value is -1.76. The van der Waals surface area contributed by atoms with E-state index in [-0.39, 0.29) is 0 Å². The van der Waals surface area contributed by atoms with Gasteiger partial charge in [-0.05, 0) is 36.5 Å². The highest BCUT2D eigenvalue weighted by Crippen LogP contribution is 2.27. The van der Waals surface area contributed by atoms with Crippen molar-refractivity contribution in [3.05, 3.63) is 66.2 Å². The molecule has 0 atom stereocenters. The zero-order valence-electron chi connectivity index (χ0n) is 12.7. The quantitative estimate of drug-likeness (QED) is 0.720. The van der Waals surface area contributed by atoms with Gasteiger partial charge in [0.2, 0.25) is 0 Å². The molecule has 0 N–H and O–H groups in total. The number of hydrogen-bond donors (Lipinski definition) is 0. The molecular formula is C20H25N. The summed E-state index contributed by atoms with van der Waals surface area (Å²) in [6.07, 6.45) is 7.06. The Bertz CT molecular complexity index is 514. The Labute approximate surface area is 128 Å². The van der Waals surface area contributed by atoms with Crippen molar-refractivity contribution in [1.82, 2.24) is 0 Å². The van der Waals surface area contributed by atoms with Crippen LogP contribution in [0.5, 0.6) is 0 Å². The SMILES string of the molecule is c1ccc(CN(CC2CCCCC2)c2ccccc2)cc1. The van der Waals surface area contributed by atoms with Crippen molar-refractivity contribution < 1.29 is 0 Å². The monoisotopic (exact) mass is 279 g/mol. The van der Waals surface area contributed by atoms with E-state index in [2.05, 4.69) is 65.6 Å². The van der Waals surface area contributed by atoms with Crippen LogP contribution in [-0.2, 0) is 6.54 Å². The van der Waals surface area contributed by atoms with Gasteiger partial charge in [-0.3, -0.25) is 0 Å². The molecule has 21 heavy (non-hydrogen) atoms.